The maximum atomic E-state index is 8.49. The standard InChI is InChI=1S/C30H22N2O3.2ClHO4.Ni/c1-3-9-19(10-4-1)25-17-33-29(31-25)23-15-7-13-21-22-14-8-16-24(28(22)35-27(21)23)30-32-26(18-34-30)20-11-5-2-6-12-20;2*2-1(3,4)5;/h1-16,25-26H,17-18H2;2*(H,2,3,4,5);/q;;;+2/p-2. The molecule has 0 bridgehead atoms. The summed E-state index contributed by atoms with van der Waals surface area (Å²) in [6.07, 6.45) is 0. The number of rotatable bonds is 4. The molecule has 0 spiro atoms. The molecule has 5 aromatic rings. The summed E-state index contributed by atoms with van der Waals surface area (Å²) in [6.45, 7) is 1.04. The smallest absolute Gasteiger partial charge is 0.475 e. The molecule has 0 saturated carbocycles. The van der Waals surface area contributed by atoms with E-state index < -0.39 is 20.5 Å². The van der Waals surface area contributed by atoms with Crippen molar-refractivity contribution in [2.75, 3.05) is 13.2 Å². The first-order valence-corrected chi connectivity index (χ1v) is 15.5. The fraction of sp³-hybridized carbons (Fsp3) is 0.133. The minimum absolute atomic E-state index is 0. The largest absolute Gasteiger partial charge is 2.00 e. The summed E-state index contributed by atoms with van der Waals surface area (Å²) in [6, 6.07) is 32.6. The predicted molar refractivity (Wildman–Crippen MR) is 137 cm³/mol. The van der Waals surface area contributed by atoms with Crippen molar-refractivity contribution < 1.29 is 88.1 Å². The number of fused-ring (bicyclic) bond motifs is 3. The quantitative estimate of drug-likeness (QED) is 0.171. The van der Waals surface area contributed by atoms with Crippen LogP contribution in [0.3, 0.4) is 0 Å². The Morgan fingerprint density at radius 1 is 0.500 bits per heavy atom. The zero-order valence-electron chi connectivity index (χ0n) is 23.3. The first-order chi connectivity index (χ1) is 21.3. The summed E-state index contributed by atoms with van der Waals surface area (Å²) >= 11 is 0. The molecule has 7 rings (SSSR count). The minimum Gasteiger partial charge on any atom is -0.475 e. The van der Waals surface area contributed by atoms with Crippen LogP contribution >= 0.6 is 0 Å². The topological polar surface area (TPSA) is 241 Å². The van der Waals surface area contributed by atoms with E-state index >= 15 is 0 Å². The summed E-state index contributed by atoms with van der Waals surface area (Å²) in [5.74, 6) is 1.23. The molecular weight excluding hydrogens is 694 g/mol. The van der Waals surface area contributed by atoms with Crippen molar-refractivity contribution in [3.63, 3.8) is 0 Å². The van der Waals surface area contributed by atoms with Crippen molar-refractivity contribution in [2.24, 2.45) is 9.98 Å². The molecule has 3 heterocycles. The Balaban J connectivity index is 0.000000384. The molecule has 2 unspecified atom stereocenters. The minimum atomic E-state index is -4.94. The molecule has 13 nitrogen and oxygen atoms in total. The number of halogens is 2. The van der Waals surface area contributed by atoms with Gasteiger partial charge in [0.25, 0.3) is 0 Å². The molecule has 4 aromatic carbocycles. The van der Waals surface area contributed by atoms with Gasteiger partial charge < -0.3 is 13.9 Å². The summed E-state index contributed by atoms with van der Waals surface area (Å²) in [4.78, 5) is 9.76. The molecule has 2 aliphatic heterocycles. The van der Waals surface area contributed by atoms with E-state index in [2.05, 4.69) is 36.4 Å². The third kappa shape index (κ3) is 9.22. The monoisotopic (exact) mass is 714 g/mol. The maximum Gasteiger partial charge on any atom is 2.00 e. The molecule has 2 aliphatic rings. The van der Waals surface area contributed by atoms with Crippen LogP contribution in [0.15, 0.2) is 111 Å². The van der Waals surface area contributed by atoms with Crippen LogP contribution in [-0.2, 0) is 26.0 Å². The second-order valence-electron chi connectivity index (χ2n) is 9.57. The van der Waals surface area contributed by atoms with Crippen molar-refractivity contribution in [1.82, 2.24) is 0 Å². The van der Waals surface area contributed by atoms with Gasteiger partial charge in [-0.1, -0.05) is 84.9 Å². The third-order valence-electron chi connectivity index (χ3n) is 6.66. The molecule has 2 atom stereocenters. The molecule has 46 heavy (non-hydrogen) atoms. The molecule has 0 radical (unpaired) electrons. The number of aliphatic imine (C=N–C) groups is 2. The van der Waals surface area contributed by atoms with Gasteiger partial charge in [0.2, 0.25) is 11.8 Å². The van der Waals surface area contributed by atoms with Crippen molar-refractivity contribution in [3.05, 3.63) is 119 Å². The van der Waals surface area contributed by atoms with Gasteiger partial charge in [-0.2, -0.15) is 0 Å². The Bertz CT molecular complexity index is 1680. The van der Waals surface area contributed by atoms with Gasteiger partial charge in [0, 0.05) is 10.8 Å². The van der Waals surface area contributed by atoms with Gasteiger partial charge in [0.15, 0.2) is 0 Å². The van der Waals surface area contributed by atoms with E-state index in [0.29, 0.717) is 25.0 Å². The molecule has 0 N–H and O–H groups in total. The van der Waals surface area contributed by atoms with Crippen molar-refractivity contribution in [1.29, 1.82) is 0 Å². The molecule has 1 aromatic heterocycles. The number of benzene rings is 4. The van der Waals surface area contributed by atoms with Crippen LogP contribution in [0.25, 0.3) is 21.9 Å². The van der Waals surface area contributed by atoms with E-state index in [-0.39, 0.29) is 28.6 Å². The van der Waals surface area contributed by atoms with Crippen LogP contribution in [0.2, 0.25) is 0 Å². The summed E-state index contributed by atoms with van der Waals surface area (Å²) in [5, 5.41) is 2.04. The van der Waals surface area contributed by atoms with Gasteiger partial charge in [-0.25, -0.2) is 47.3 Å². The number of nitrogens with zero attached hydrogens (tertiary/aromatic N) is 2. The molecule has 0 fully saturated rings. The van der Waals surface area contributed by atoms with Crippen LogP contribution < -0.4 is 37.3 Å². The Morgan fingerprint density at radius 3 is 1.20 bits per heavy atom. The van der Waals surface area contributed by atoms with E-state index in [9.17, 15) is 0 Å². The Kier molecular flexibility index (Phi) is 11.4. The van der Waals surface area contributed by atoms with Gasteiger partial charge in [0.1, 0.15) is 36.5 Å². The fourth-order valence-electron chi connectivity index (χ4n) is 4.89. The van der Waals surface area contributed by atoms with E-state index in [4.69, 9.17) is 61.1 Å². The predicted octanol–water partition coefficient (Wildman–Crippen LogP) is -2.89. The zero-order valence-corrected chi connectivity index (χ0v) is 25.8. The van der Waals surface area contributed by atoms with Crippen LogP contribution in [-0.4, -0.2) is 25.0 Å². The van der Waals surface area contributed by atoms with Gasteiger partial charge in [-0.3, -0.25) is 0 Å². The van der Waals surface area contributed by atoms with Crippen molar-refractivity contribution >= 4 is 33.7 Å². The third-order valence-corrected chi connectivity index (χ3v) is 6.66. The molecule has 0 aliphatic carbocycles. The van der Waals surface area contributed by atoms with Crippen LogP contribution in [0, 0.1) is 20.5 Å². The first kappa shape index (κ1) is 35.2. The second-order valence-corrected chi connectivity index (χ2v) is 11.1. The van der Waals surface area contributed by atoms with E-state index in [1.54, 1.807) is 0 Å². The number of para-hydroxylation sites is 2. The van der Waals surface area contributed by atoms with E-state index in [1.807, 2.05) is 60.7 Å². The first-order valence-electron chi connectivity index (χ1n) is 13.0. The number of hydrogen-bond acceptors (Lipinski definition) is 13. The number of hydrogen-bond donors (Lipinski definition) is 0. The zero-order chi connectivity index (χ0) is 32.2. The second kappa shape index (κ2) is 14.9. The molecule has 0 amide bonds. The maximum absolute atomic E-state index is 8.49. The van der Waals surface area contributed by atoms with Crippen LogP contribution in [0.4, 0.5) is 0 Å². The molecule has 16 heteroatoms. The normalized spacial score (nSPS) is 17.4. The molecular formula is C30H22Cl2N2NiO11. The van der Waals surface area contributed by atoms with Crippen LogP contribution in [0.1, 0.15) is 34.3 Å². The fourth-order valence-corrected chi connectivity index (χ4v) is 4.89. The average Bonchev–Trinajstić information content (AvgIpc) is 3.75. The Labute approximate surface area is 275 Å². The van der Waals surface area contributed by atoms with Gasteiger partial charge >= 0.3 is 16.5 Å². The van der Waals surface area contributed by atoms with E-state index in [0.717, 1.165) is 44.2 Å². The van der Waals surface area contributed by atoms with Gasteiger partial charge in [0.05, 0.1) is 11.1 Å². The number of ether oxygens (including phenoxy) is 2. The number of furan rings is 1. The van der Waals surface area contributed by atoms with Gasteiger partial charge in [-0.15, -0.1) is 20.5 Å². The van der Waals surface area contributed by atoms with E-state index in [1.165, 1.54) is 0 Å². The SMILES string of the molecule is [Ni+2].[O-][Cl+3]([O-])([O-])[O-].[O-][Cl+3]([O-])([O-])[O-].c1ccc(C2COC(c3cccc4c3oc3c(C5=NC(c6ccccc6)CO5)cccc34)=N2)cc1. The summed E-state index contributed by atoms with van der Waals surface area (Å²) < 4.78 is 86.5. The van der Waals surface area contributed by atoms with Crippen molar-refractivity contribution in [3.8, 4) is 0 Å². The van der Waals surface area contributed by atoms with Crippen LogP contribution in [0.5, 0.6) is 0 Å². The molecule has 242 valence electrons. The van der Waals surface area contributed by atoms with Crippen molar-refractivity contribution in [2.45, 2.75) is 12.1 Å². The summed E-state index contributed by atoms with van der Waals surface area (Å²) in [5.41, 5.74) is 5.54. The summed E-state index contributed by atoms with van der Waals surface area (Å²) in [7, 11) is -9.89. The van der Waals surface area contributed by atoms with Gasteiger partial charge in [-0.05, 0) is 23.3 Å². The molecule has 0 saturated heterocycles. The average molecular weight is 716 g/mol. The Morgan fingerprint density at radius 2 is 0.848 bits per heavy atom. The Hall–Kier alpha value is -3.63.